The van der Waals surface area contributed by atoms with Gasteiger partial charge < -0.3 is 10.1 Å². The van der Waals surface area contributed by atoms with Gasteiger partial charge in [-0.25, -0.2) is 13.1 Å². The van der Waals surface area contributed by atoms with Crippen molar-refractivity contribution < 1.29 is 13.3 Å². The fourth-order valence-corrected chi connectivity index (χ4v) is 2.33. The number of rotatable bonds is 5. The van der Waals surface area contributed by atoms with E-state index < -0.39 is 14.9 Å². The standard InChI is InChI=1S/C9H13N3O4S/c1-3-7(2)11-17(15,16)8-4-5-9(10-6-8)12(13)14/h4-7,11H,3H2,1-2H3. The average Bonchev–Trinajstić information content (AvgIpc) is 2.28. The minimum Gasteiger partial charge on any atom is -0.358 e. The molecule has 1 unspecified atom stereocenters. The lowest BCUT2D eigenvalue weighted by molar-refractivity contribution is -0.389. The van der Waals surface area contributed by atoms with E-state index in [9.17, 15) is 18.5 Å². The highest BCUT2D eigenvalue weighted by Gasteiger charge is 2.19. The van der Waals surface area contributed by atoms with Crippen molar-refractivity contribution in [2.45, 2.75) is 31.2 Å². The van der Waals surface area contributed by atoms with Gasteiger partial charge in [-0.2, -0.15) is 0 Å². The number of aromatic nitrogens is 1. The summed E-state index contributed by atoms with van der Waals surface area (Å²) in [6.07, 6.45) is 1.63. The van der Waals surface area contributed by atoms with E-state index in [4.69, 9.17) is 0 Å². The minimum absolute atomic E-state index is 0.0802. The monoisotopic (exact) mass is 259 g/mol. The van der Waals surface area contributed by atoms with E-state index in [1.54, 1.807) is 6.92 Å². The third-order valence-electron chi connectivity index (χ3n) is 2.19. The molecule has 0 saturated heterocycles. The molecule has 0 bridgehead atoms. The van der Waals surface area contributed by atoms with Crippen molar-refractivity contribution in [1.82, 2.24) is 9.71 Å². The fraction of sp³-hybridized carbons (Fsp3) is 0.444. The molecule has 0 radical (unpaired) electrons. The van der Waals surface area contributed by atoms with Crippen LogP contribution in [0, 0.1) is 10.1 Å². The van der Waals surface area contributed by atoms with Crippen LogP contribution in [0.1, 0.15) is 20.3 Å². The largest absolute Gasteiger partial charge is 0.363 e. The Morgan fingerprint density at radius 2 is 2.18 bits per heavy atom. The van der Waals surface area contributed by atoms with Crippen LogP contribution in [0.5, 0.6) is 0 Å². The number of nitro groups is 1. The smallest absolute Gasteiger partial charge is 0.358 e. The maximum absolute atomic E-state index is 11.8. The highest BCUT2D eigenvalue weighted by molar-refractivity contribution is 7.89. The molecule has 8 heteroatoms. The van der Waals surface area contributed by atoms with Gasteiger partial charge in [0.2, 0.25) is 10.0 Å². The molecule has 1 rings (SSSR count). The molecular weight excluding hydrogens is 246 g/mol. The quantitative estimate of drug-likeness (QED) is 0.629. The van der Waals surface area contributed by atoms with E-state index in [2.05, 4.69) is 9.71 Å². The molecule has 0 spiro atoms. The Morgan fingerprint density at radius 3 is 2.59 bits per heavy atom. The molecule has 0 aliphatic carbocycles. The van der Waals surface area contributed by atoms with Crippen molar-refractivity contribution in [3.05, 3.63) is 28.4 Å². The van der Waals surface area contributed by atoms with E-state index in [1.807, 2.05) is 6.92 Å². The van der Waals surface area contributed by atoms with E-state index >= 15 is 0 Å². The van der Waals surface area contributed by atoms with Gasteiger partial charge in [-0.1, -0.05) is 6.92 Å². The van der Waals surface area contributed by atoms with Gasteiger partial charge in [0.25, 0.3) is 0 Å². The van der Waals surface area contributed by atoms with Crippen molar-refractivity contribution in [3.63, 3.8) is 0 Å². The first-order chi connectivity index (χ1) is 7.86. The number of hydrogen-bond acceptors (Lipinski definition) is 5. The zero-order chi connectivity index (χ0) is 13.1. The zero-order valence-electron chi connectivity index (χ0n) is 9.45. The Morgan fingerprint density at radius 1 is 1.53 bits per heavy atom. The highest BCUT2D eigenvalue weighted by atomic mass is 32.2. The molecule has 0 fully saturated rings. The molecule has 1 aromatic heterocycles. The lowest BCUT2D eigenvalue weighted by Crippen LogP contribution is -2.32. The van der Waals surface area contributed by atoms with Crippen LogP contribution in [0.25, 0.3) is 0 Å². The first kappa shape index (κ1) is 13.5. The van der Waals surface area contributed by atoms with Gasteiger partial charge in [-0.3, -0.25) is 0 Å². The number of nitrogens with zero attached hydrogens (tertiary/aromatic N) is 2. The number of pyridine rings is 1. The predicted molar refractivity (Wildman–Crippen MR) is 61.0 cm³/mol. The molecule has 0 aliphatic rings. The summed E-state index contributed by atoms with van der Waals surface area (Å²) in [6.45, 7) is 3.58. The van der Waals surface area contributed by atoms with Crippen LogP contribution in [0.2, 0.25) is 0 Å². The second-order valence-corrected chi connectivity index (χ2v) is 5.25. The van der Waals surface area contributed by atoms with Gasteiger partial charge >= 0.3 is 5.82 Å². The van der Waals surface area contributed by atoms with Crippen LogP contribution >= 0.6 is 0 Å². The van der Waals surface area contributed by atoms with Crippen molar-refractivity contribution >= 4 is 15.8 Å². The van der Waals surface area contributed by atoms with Crippen molar-refractivity contribution in [3.8, 4) is 0 Å². The molecule has 0 aromatic carbocycles. The number of sulfonamides is 1. The third-order valence-corrected chi connectivity index (χ3v) is 3.76. The van der Waals surface area contributed by atoms with Crippen LogP contribution in [-0.2, 0) is 10.0 Å². The average molecular weight is 259 g/mol. The fourth-order valence-electron chi connectivity index (χ4n) is 1.06. The Labute approximate surface area is 99.1 Å². The van der Waals surface area contributed by atoms with Crippen molar-refractivity contribution in [1.29, 1.82) is 0 Å². The topological polar surface area (TPSA) is 102 Å². The first-order valence-electron chi connectivity index (χ1n) is 4.99. The molecule has 7 nitrogen and oxygen atoms in total. The van der Waals surface area contributed by atoms with Crippen LogP contribution in [0.15, 0.2) is 23.2 Å². The number of nitrogens with one attached hydrogen (secondary N) is 1. The summed E-state index contributed by atoms with van der Waals surface area (Å²) in [4.78, 5) is 13.1. The molecule has 0 aliphatic heterocycles. The minimum atomic E-state index is -3.65. The Balaban J connectivity index is 2.96. The van der Waals surface area contributed by atoms with Crippen molar-refractivity contribution in [2.75, 3.05) is 0 Å². The van der Waals surface area contributed by atoms with Gasteiger partial charge in [0.15, 0.2) is 6.20 Å². The summed E-state index contributed by atoms with van der Waals surface area (Å²) in [5, 5.41) is 10.4. The Hall–Kier alpha value is -1.54. The van der Waals surface area contributed by atoms with Crippen LogP contribution in [0.3, 0.4) is 0 Å². The SMILES string of the molecule is CCC(C)NS(=O)(=O)c1ccc([N+](=O)[O-])nc1. The normalized spacial score (nSPS) is 13.3. The highest BCUT2D eigenvalue weighted by Crippen LogP contribution is 2.12. The molecular formula is C9H13N3O4S. The molecule has 94 valence electrons. The van der Waals surface area contributed by atoms with Gasteiger partial charge in [-0.05, 0) is 29.3 Å². The molecule has 1 heterocycles. The summed E-state index contributed by atoms with van der Waals surface area (Å²) < 4.78 is 26.0. The molecule has 1 aromatic rings. The Kier molecular flexibility index (Phi) is 4.13. The lowest BCUT2D eigenvalue weighted by Gasteiger charge is -2.10. The maximum atomic E-state index is 11.8. The lowest BCUT2D eigenvalue weighted by atomic mass is 10.3. The Bertz CT molecular complexity index is 497. The third kappa shape index (κ3) is 3.46. The zero-order valence-corrected chi connectivity index (χ0v) is 10.3. The second-order valence-electron chi connectivity index (χ2n) is 3.54. The summed E-state index contributed by atoms with van der Waals surface area (Å²) in [7, 11) is -3.65. The summed E-state index contributed by atoms with van der Waals surface area (Å²) in [5.74, 6) is -0.382. The molecule has 1 atom stereocenters. The predicted octanol–water partition coefficient (Wildman–Crippen LogP) is 1.07. The molecule has 0 saturated carbocycles. The van der Waals surface area contributed by atoms with Crippen LogP contribution in [-0.4, -0.2) is 24.4 Å². The van der Waals surface area contributed by atoms with E-state index in [0.29, 0.717) is 6.42 Å². The first-order valence-corrected chi connectivity index (χ1v) is 6.48. The summed E-state index contributed by atoms with van der Waals surface area (Å²) >= 11 is 0. The molecule has 17 heavy (non-hydrogen) atoms. The molecule has 0 amide bonds. The van der Waals surface area contributed by atoms with E-state index in [1.165, 1.54) is 0 Å². The van der Waals surface area contributed by atoms with E-state index in [-0.39, 0.29) is 16.8 Å². The second kappa shape index (κ2) is 5.19. The van der Waals surface area contributed by atoms with Crippen molar-refractivity contribution in [2.24, 2.45) is 0 Å². The van der Waals surface area contributed by atoms with E-state index in [0.717, 1.165) is 18.3 Å². The maximum Gasteiger partial charge on any atom is 0.363 e. The number of hydrogen-bond donors (Lipinski definition) is 1. The van der Waals surface area contributed by atoms with Gasteiger partial charge in [-0.15, -0.1) is 0 Å². The van der Waals surface area contributed by atoms with Gasteiger partial charge in [0.1, 0.15) is 4.90 Å². The summed E-state index contributed by atoms with van der Waals surface area (Å²) in [5.41, 5.74) is 0. The van der Waals surface area contributed by atoms with Gasteiger partial charge in [0, 0.05) is 12.1 Å². The molecule has 1 N–H and O–H groups in total. The van der Waals surface area contributed by atoms with Crippen LogP contribution in [0.4, 0.5) is 5.82 Å². The van der Waals surface area contributed by atoms with Crippen LogP contribution < -0.4 is 4.72 Å². The summed E-state index contributed by atoms with van der Waals surface area (Å²) in [6, 6.07) is 2.02. The van der Waals surface area contributed by atoms with Gasteiger partial charge in [0.05, 0.1) is 0 Å².